The molecule has 4 nitrogen and oxygen atoms in total. The number of hydrogen-bond donors (Lipinski definition) is 1. The highest BCUT2D eigenvalue weighted by molar-refractivity contribution is 5.67. The van der Waals surface area contributed by atoms with Crippen molar-refractivity contribution in [1.29, 1.82) is 0 Å². The molecule has 0 aromatic rings. The van der Waals surface area contributed by atoms with Crippen LogP contribution in [0, 0.1) is 5.92 Å². The van der Waals surface area contributed by atoms with E-state index in [-0.39, 0.29) is 0 Å². The van der Waals surface area contributed by atoms with E-state index >= 15 is 0 Å². The van der Waals surface area contributed by atoms with E-state index in [0.29, 0.717) is 24.4 Å². The fraction of sp³-hybridized carbons (Fsp3) is 0.917. The van der Waals surface area contributed by atoms with Gasteiger partial charge in [-0.1, -0.05) is 0 Å². The average Bonchev–Trinajstić information content (AvgIpc) is 2.58. The summed E-state index contributed by atoms with van der Waals surface area (Å²) in [4.78, 5) is 15.5. The number of carbonyl (C=O) groups is 1. The molecule has 0 aliphatic carbocycles. The number of hydrogen-bond acceptors (Lipinski definition) is 3. The minimum absolute atomic E-state index is 0.344. The lowest BCUT2D eigenvalue weighted by Gasteiger charge is -2.42. The topological polar surface area (TPSA) is 43.8 Å². The van der Waals surface area contributed by atoms with Crippen molar-refractivity contribution < 1.29 is 9.90 Å². The van der Waals surface area contributed by atoms with Crippen LogP contribution in [0.25, 0.3) is 0 Å². The van der Waals surface area contributed by atoms with Crippen molar-refractivity contribution in [3.63, 3.8) is 0 Å². The minimum Gasteiger partial charge on any atom is -0.481 e. The lowest BCUT2D eigenvalue weighted by atomic mass is 9.94. The zero-order valence-electron chi connectivity index (χ0n) is 10.2. The Balaban J connectivity index is 1.71. The predicted octanol–water partition coefficient (Wildman–Crippen LogP) is 0.876. The van der Waals surface area contributed by atoms with Crippen LogP contribution in [0.2, 0.25) is 0 Å². The van der Waals surface area contributed by atoms with Crippen molar-refractivity contribution in [2.45, 2.75) is 38.8 Å². The van der Waals surface area contributed by atoms with Crippen molar-refractivity contribution in [3.05, 3.63) is 0 Å². The quantitative estimate of drug-likeness (QED) is 0.772. The molecular formula is C12H22N2O2. The Morgan fingerprint density at radius 3 is 2.56 bits per heavy atom. The fourth-order valence-electron chi connectivity index (χ4n) is 2.82. The Bertz CT molecular complexity index is 262. The van der Waals surface area contributed by atoms with Crippen molar-refractivity contribution in [1.82, 2.24) is 9.80 Å². The lowest BCUT2D eigenvalue weighted by molar-refractivity contribution is -0.139. The van der Waals surface area contributed by atoms with Crippen molar-refractivity contribution in [2.75, 3.05) is 26.2 Å². The van der Waals surface area contributed by atoms with E-state index in [2.05, 4.69) is 23.6 Å². The first-order chi connectivity index (χ1) is 7.56. The summed E-state index contributed by atoms with van der Waals surface area (Å²) in [7, 11) is 0. The molecule has 16 heavy (non-hydrogen) atoms. The van der Waals surface area contributed by atoms with Crippen LogP contribution in [0.3, 0.4) is 0 Å². The van der Waals surface area contributed by atoms with Gasteiger partial charge >= 0.3 is 5.97 Å². The maximum atomic E-state index is 10.5. The van der Waals surface area contributed by atoms with Crippen LogP contribution in [-0.2, 0) is 4.79 Å². The van der Waals surface area contributed by atoms with Gasteiger partial charge in [0.15, 0.2) is 0 Å². The van der Waals surface area contributed by atoms with E-state index in [1.165, 1.54) is 13.0 Å². The number of likely N-dealkylation sites (tertiary alicyclic amines) is 2. The summed E-state index contributed by atoms with van der Waals surface area (Å²) >= 11 is 0. The summed E-state index contributed by atoms with van der Waals surface area (Å²) in [5.74, 6) is -0.259. The predicted molar refractivity (Wildman–Crippen MR) is 62.4 cm³/mol. The summed E-state index contributed by atoms with van der Waals surface area (Å²) < 4.78 is 0. The average molecular weight is 226 g/mol. The van der Waals surface area contributed by atoms with Crippen LogP contribution >= 0.6 is 0 Å². The third kappa shape index (κ3) is 2.55. The van der Waals surface area contributed by atoms with Gasteiger partial charge < -0.3 is 5.11 Å². The summed E-state index contributed by atoms with van der Waals surface area (Å²) in [5.41, 5.74) is 0. The largest absolute Gasteiger partial charge is 0.481 e. The first-order valence-corrected chi connectivity index (χ1v) is 6.26. The Kier molecular flexibility index (Phi) is 3.50. The van der Waals surface area contributed by atoms with E-state index in [9.17, 15) is 4.79 Å². The summed E-state index contributed by atoms with van der Waals surface area (Å²) in [6.45, 7) is 8.82. The molecule has 1 atom stereocenters. The Morgan fingerprint density at radius 2 is 2.06 bits per heavy atom. The molecular weight excluding hydrogens is 204 g/mol. The van der Waals surface area contributed by atoms with Gasteiger partial charge in [-0.05, 0) is 26.2 Å². The van der Waals surface area contributed by atoms with Gasteiger partial charge in [0, 0.05) is 38.3 Å². The highest BCUT2D eigenvalue weighted by atomic mass is 16.4. The normalized spacial score (nSPS) is 28.6. The van der Waals surface area contributed by atoms with E-state index in [1.807, 2.05) is 0 Å². The minimum atomic E-state index is -0.653. The molecule has 92 valence electrons. The maximum absolute atomic E-state index is 10.5. The number of carboxylic acid groups (broad SMARTS) is 1. The molecule has 0 saturated carbocycles. The molecule has 0 bridgehead atoms. The van der Waals surface area contributed by atoms with Crippen LogP contribution in [0.4, 0.5) is 0 Å². The van der Waals surface area contributed by atoms with Crippen LogP contribution < -0.4 is 0 Å². The fourth-order valence-corrected chi connectivity index (χ4v) is 2.82. The summed E-state index contributed by atoms with van der Waals surface area (Å²) in [6, 6.07) is 1.31. The molecule has 2 rings (SSSR count). The van der Waals surface area contributed by atoms with Crippen molar-refractivity contribution in [2.24, 2.45) is 5.92 Å². The van der Waals surface area contributed by atoms with Crippen LogP contribution in [-0.4, -0.2) is 59.1 Å². The number of aliphatic carboxylic acids is 1. The standard InChI is InChI=1S/C12H22N2O2/c1-9(2)13-4-3-11(8-13)14-6-10(7-14)5-12(15)16/h9-11H,3-8H2,1-2H3,(H,15,16). The molecule has 0 spiro atoms. The van der Waals surface area contributed by atoms with Crippen molar-refractivity contribution >= 4 is 5.97 Å². The van der Waals surface area contributed by atoms with Gasteiger partial charge in [-0.2, -0.15) is 0 Å². The van der Waals surface area contributed by atoms with Crippen LogP contribution in [0.1, 0.15) is 26.7 Å². The third-order valence-electron chi connectivity index (χ3n) is 3.89. The van der Waals surface area contributed by atoms with E-state index < -0.39 is 5.97 Å². The SMILES string of the molecule is CC(C)N1CCC(N2CC(CC(=O)O)C2)C1. The molecule has 2 fully saturated rings. The van der Waals surface area contributed by atoms with Gasteiger partial charge in [-0.15, -0.1) is 0 Å². The van der Waals surface area contributed by atoms with Crippen molar-refractivity contribution in [3.8, 4) is 0 Å². The summed E-state index contributed by atoms with van der Waals surface area (Å²) in [6.07, 6.45) is 1.59. The molecule has 0 aromatic carbocycles. The second-order valence-corrected chi connectivity index (χ2v) is 5.45. The monoisotopic (exact) mass is 226 g/mol. The second-order valence-electron chi connectivity index (χ2n) is 5.45. The Labute approximate surface area is 97.2 Å². The molecule has 2 aliphatic heterocycles. The first-order valence-electron chi connectivity index (χ1n) is 6.26. The molecule has 0 amide bonds. The maximum Gasteiger partial charge on any atom is 0.303 e. The zero-order valence-corrected chi connectivity index (χ0v) is 10.2. The Hall–Kier alpha value is -0.610. The molecule has 2 saturated heterocycles. The first kappa shape index (κ1) is 11.9. The number of carboxylic acids is 1. The highest BCUT2D eigenvalue weighted by Crippen LogP contribution is 2.26. The van der Waals surface area contributed by atoms with Crippen LogP contribution in [0.15, 0.2) is 0 Å². The smallest absolute Gasteiger partial charge is 0.303 e. The molecule has 0 radical (unpaired) electrons. The van der Waals surface area contributed by atoms with E-state index in [1.54, 1.807) is 0 Å². The van der Waals surface area contributed by atoms with Gasteiger partial charge in [0.1, 0.15) is 0 Å². The van der Waals surface area contributed by atoms with Gasteiger partial charge in [-0.3, -0.25) is 14.6 Å². The number of nitrogens with zero attached hydrogens (tertiary/aromatic N) is 2. The summed E-state index contributed by atoms with van der Waals surface area (Å²) in [5, 5.41) is 8.69. The van der Waals surface area contributed by atoms with E-state index in [4.69, 9.17) is 5.11 Å². The molecule has 4 heteroatoms. The van der Waals surface area contributed by atoms with Crippen LogP contribution in [0.5, 0.6) is 0 Å². The van der Waals surface area contributed by atoms with Gasteiger partial charge in [0.2, 0.25) is 0 Å². The molecule has 0 aromatic heterocycles. The molecule has 1 N–H and O–H groups in total. The van der Waals surface area contributed by atoms with Gasteiger partial charge in [-0.25, -0.2) is 0 Å². The van der Waals surface area contributed by atoms with Gasteiger partial charge in [0.25, 0.3) is 0 Å². The lowest BCUT2D eigenvalue weighted by Crippen LogP contribution is -2.53. The zero-order chi connectivity index (χ0) is 11.7. The highest BCUT2D eigenvalue weighted by Gasteiger charge is 2.36. The molecule has 1 unspecified atom stereocenters. The number of rotatable bonds is 4. The third-order valence-corrected chi connectivity index (χ3v) is 3.89. The molecule has 2 aliphatic rings. The van der Waals surface area contributed by atoms with Gasteiger partial charge in [0.05, 0.1) is 6.42 Å². The second kappa shape index (κ2) is 4.72. The Morgan fingerprint density at radius 1 is 1.38 bits per heavy atom. The molecule has 2 heterocycles. The van der Waals surface area contributed by atoms with E-state index in [0.717, 1.165) is 19.6 Å².